The van der Waals surface area contributed by atoms with Gasteiger partial charge in [0.05, 0.1) is 33.3 Å². The summed E-state index contributed by atoms with van der Waals surface area (Å²) in [5, 5.41) is 11.2. The minimum atomic E-state index is -0.392. The second-order valence-corrected chi connectivity index (χ2v) is 9.99. The van der Waals surface area contributed by atoms with E-state index in [1.54, 1.807) is 0 Å². The molecule has 0 radical (unpaired) electrons. The molecule has 1 N–H and O–H groups in total. The lowest BCUT2D eigenvalue weighted by atomic mass is 9.89. The van der Waals surface area contributed by atoms with Gasteiger partial charge in [0.1, 0.15) is 0 Å². The van der Waals surface area contributed by atoms with Gasteiger partial charge in [0, 0.05) is 5.92 Å². The maximum absolute atomic E-state index is 11.2. The molecular weight excluding hydrogens is 390 g/mol. The molecule has 0 saturated heterocycles. The average Bonchev–Trinajstić information content (AvgIpc) is 2.80. The number of likely N-dealkylation sites (N-methyl/N-ethyl adjacent to an activating group) is 1. The smallest absolute Gasteiger partial charge is 0.0972 e. The summed E-state index contributed by atoms with van der Waals surface area (Å²) in [7, 11) is 4.57. The zero-order chi connectivity index (χ0) is 23.1. The van der Waals surface area contributed by atoms with Crippen molar-refractivity contribution in [1.82, 2.24) is 0 Å². The van der Waals surface area contributed by atoms with Gasteiger partial charge in [-0.05, 0) is 23.6 Å². The quantitative estimate of drug-likeness (QED) is 0.211. The fraction of sp³-hybridized carbons (Fsp3) is 0.533. The lowest BCUT2D eigenvalue weighted by molar-refractivity contribution is -0.888. The largest absolute Gasteiger partial charge is 0.388 e. The number of nitrogens with zero attached hydrogens (tertiary/aromatic N) is 1. The van der Waals surface area contributed by atoms with Gasteiger partial charge in [-0.1, -0.05) is 125 Å². The van der Waals surface area contributed by atoms with Gasteiger partial charge in [0.2, 0.25) is 0 Å². The Kier molecular flexibility index (Phi) is 12.4. The monoisotopic (exact) mass is 436 g/mol. The number of rotatable bonds is 16. The Labute approximate surface area is 197 Å². The summed E-state index contributed by atoms with van der Waals surface area (Å²) in [5.74, 6) is 0.276. The van der Waals surface area contributed by atoms with Crippen molar-refractivity contribution in [2.75, 3.05) is 27.2 Å². The van der Waals surface area contributed by atoms with Crippen LogP contribution in [0.25, 0.3) is 6.08 Å². The number of unbranched alkanes of at least 4 members (excludes halogenated alkanes) is 7. The maximum Gasteiger partial charge on any atom is 0.0972 e. The molecular formula is C30H46NO+. The van der Waals surface area contributed by atoms with Crippen molar-refractivity contribution in [3.8, 4) is 0 Å². The van der Waals surface area contributed by atoms with Crippen molar-refractivity contribution >= 4 is 6.08 Å². The first-order chi connectivity index (χ1) is 15.5. The number of aliphatic hydroxyl groups is 1. The van der Waals surface area contributed by atoms with Gasteiger partial charge < -0.3 is 9.59 Å². The van der Waals surface area contributed by atoms with E-state index >= 15 is 0 Å². The molecule has 2 rings (SSSR count). The third-order valence-electron chi connectivity index (χ3n) is 6.45. The van der Waals surface area contributed by atoms with Crippen molar-refractivity contribution in [3.05, 3.63) is 77.9 Å². The Morgan fingerprint density at radius 1 is 0.781 bits per heavy atom. The van der Waals surface area contributed by atoms with Crippen molar-refractivity contribution < 1.29 is 9.59 Å². The van der Waals surface area contributed by atoms with E-state index in [0.29, 0.717) is 0 Å². The van der Waals surface area contributed by atoms with Crippen molar-refractivity contribution in [1.29, 1.82) is 0 Å². The molecule has 0 saturated carbocycles. The first-order valence-corrected chi connectivity index (χ1v) is 12.8. The fourth-order valence-electron chi connectivity index (χ4n) is 4.56. The minimum absolute atomic E-state index is 0.276. The summed E-state index contributed by atoms with van der Waals surface area (Å²) in [6, 6.07) is 20.7. The van der Waals surface area contributed by atoms with Crippen LogP contribution in [0.2, 0.25) is 0 Å². The van der Waals surface area contributed by atoms with E-state index in [9.17, 15) is 5.11 Å². The average molecular weight is 437 g/mol. The molecule has 0 amide bonds. The van der Waals surface area contributed by atoms with Crippen LogP contribution in [-0.4, -0.2) is 36.8 Å². The van der Waals surface area contributed by atoms with E-state index in [2.05, 4.69) is 75.6 Å². The Bertz CT molecular complexity index is 738. The van der Waals surface area contributed by atoms with Crippen LogP contribution in [0, 0.1) is 5.92 Å². The van der Waals surface area contributed by atoms with Crippen LogP contribution in [0.15, 0.2) is 66.7 Å². The second kappa shape index (κ2) is 15.0. The molecule has 0 aromatic heterocycles. The number of quaternary nitrogens is 1. The van der Waals surface area contributed by atoms with E-state index in [0.717, 1.165) is 29.6 Å². The van der Waals surface area contributed by atoms with E-state index in [-0.39, 0.29) is 5.92 Å². The van der Waals surface area contributed by atoms with Gasteiger partial charge >= 0.3 is 0 Å². The number of aliphatic hydroxyl groups excluding tert-OH is 1. The molecule has 2 nitrogen and oxygen atoms in total. The fourth-order valence-corrected chi connectivity index (χ4v) is 4.56. The molecule has 2 heteroatoms. The summed E-state index contributed by atoms with van der Waals surface area (Å²) in [4.78, 5) is 0. The second-order valence-electron chi connectivity index (χ2n) is 9.99. The molecule has 0 bridgehead atoms. The lowest BCUT2D eigenvalue weighted by Crippen LogP contribution is -2.44. The zero-order valence-electron chi connectivity index (χ0n) is 20.8. The molecule has 176 valence electrons. The van der Waals surface area contributed by atoms with Gasteiger partial charge in [0.15, 0.2) is 0 Å². The number of hydrogen-bond donors (Lipinski definition) is 1. The van der Waals surface area contributed by atoms with Crippen LogP contribution in [0.4, 0.5) is 0 Å². The standard InChI is InChI=1S/C30H46NO/c1-4-5-6-7-8-9-10-15-24-29(30(32)28-22-16-12-17-23-28)26-31(2,3)25-18-21-27-19-13-11-14-20-27/h11-14,16-23,29-30,32H,4-10,15,24-26H2,1-3H3/q+1/b21-18+/t29-,30-/m1/s1. The lowest BCUT2D eigenvalue weighted by Gasteiger charge is -2.35. The summed E-state index contributed by atoms with van der Waals surface area (Å²) in [5.41, 5.74) is 2.30. The SMILES string of the molecule is CCCCCCCCCC[C@H](C[N+](C)(C)C/C=C/c1ccccc1)[C@H](O)c1ccccc1. The van der Waals surface area contributed by atoms with E-state index < -0.39 is 6.10 Å². The van der Waals surface area contributed by atoms with Gasteiger partial charge in [-0.3, -0.25) is 0 Å². The molecule has 0 aliphatic heterocycles. The predicted molar refractivity (Wildman–Crippen MR) is 139 cm³/mol. The highest BCUT2D eigenvalue weighted by molar-refractivity contribution is 5.48. The topological polar surface area (TPSA) is 20.2 Å². The van der Waals surface area contributed by atoms with E-state index in [4.69, 9.17) is 0 Å². The summed E-state index contributed by atoms with van der Waals surface area (Å²) >= 11 is 0. The van der Waals surface area contributed by atoms with Crippen LogP contribution in [0.5, 0.6) is 0 Å². The number of benzene rings is 2. The zero-order valence-corrected chi connectivity index (χ0v) is 20.8. The van der Waals surface area contributed by atoms with Crippen molar-refractivity contribution in [2.24, 2.45) is 5.92 Å². The third-order valence-corrected chi connectivity index (χ3v) is 6.45. The van der Waals surface area contributed by atoms with Crippen molar-refractivity contribution in [2.45, 2.75) is 70.8 Å². The molecule has 0 spiro atoms. The third kappa shape index (κ3) is 10.6. The normalized spacial score (nSPS) is 14.0. The molecule has 0 heterocycles. The van der Waals surface area contributed by atoms with Crippen LogP contribution >= 0.6 is 0 Å². The first kappa shape index (κ1) is 26.4. The van der Waals surface area contributed by atoms with Gasteiger partial charge in [0.25, 0.3) is 0 Å². The Balaban J connectivity index is 1.90. The van der Waals surface area contributed by atoms with Crippen LogP contribution in [0.3, 0.4) is 0 Å². The molecule has 2 aromatic carbocycles. The Morgan fingerprint density at radius 2 is 1.34 bits per heavy atom. The van der Waals surface area contributed by atoms with Crippen LogP contribution in [-0.2, 0) is 0 Å². The van der Waals surface area contributed by atoms with E-state index in [1.165, 1.54) is 56.9 Å². The summed E-state index contributed by atoms with van der Waals surface area (Å²) in [6.45, 7) is 4.21. The predicted octanol–water partition coefficient (Wildman–Crippen LogP) is 7.66. The Morgan fingerprint density at radius 3 is 1.97 bits per heavy atom. The summed E-state index contributed by atoms with van der Waals surface area (Å²) < 4.78 is 0.884. The highest BCUT2D eigenvalue weighted by atomic mass is 16.3. The molecule has 32 heavy (non-hydrogen) atoms. The van der Waals surface area contributed by atoms with Crippen LogP contribution in [0.1, 0.15) is 81.9 Å². The van der Waals surface area contributed by atoms with Crippen molar-refractivity contribution in [3.63, 3.8) is 0 Å². The Hall–Kier alpha value is -1.90. The highest BCUT2D eigenvalue weighted by Gasteiger charge is 2.28. The van der Waals surface area contributed by atoms with Gasteiger partial charge in [-0.2, -0.15) is 0 Å². The minimum Gasteiger partial charge on any atom is -0.388 e. The molecule has 2 aromatic rings. The first-order valence-electron chi connectivity index (χ1n) is 12.8. The molecule has 2 atom stereocenters. The van der Waals surface area contributed by atoms with E-state index in [1.807, 2.05) is 18.2 Å². The highest BCUT2D eigenvalue weighted by Crippen LogP contribution is 2.29. The summed E-state index contributed by atoms with van der Waals surface area (Å²) in [6.07, 6.45) is 15.8. The molecule has 0 aliphatic rings. The number of hydrogen-bond acceptors (Lipinski definition) is 1. The van der Waals surface area contributed by atoms with Crippen LogP contribution < -0.4 is 0 Å². The van der Waals surface area contributed by atoms with Gasteiger partial charge in [-0.25, -0.2) is 0 Å². The maximum atomic E-state index is 11.2. The molecule has 0 unspecified atom stereocenters. The van der Waals surface area contributed by atoms with Gasteiger partial charge in [-0.15, -0.1) is 0 Å². The molecule has 0 aliphatic carbocycles. The molecule has 0 fully saturated rings.